The lowest BCUT2D eigenvalue weighted by Crippen LogP contribution is -2.59. The van der Waals surface area contributed by atoms with Crippen molar-refractivity contribution in [3.63, 3.8) is 0 Å². The molecule has 0 aromatic rings. The van der Waals surface area contributed by atoms with E-state index in [1.807, 2.05) is 0 Å². The maximum atomic E-state index is 12.7. The van der Waals surface area contributed by atoms with E-state index >= 15 is 0 Å². The molecule has 1 heterocycles. The Labute approximate surface area is 131 Å². The van der Waals surface area contributed by atoms with Gasteiger partial charge in [0.15, 0.2) is 0 Å². The van der Waals surface area contributed by atoms with Gasteiger partial charge in [-0.1, -0.05) is 45.3 Å². The molecule has 3 rings (SSSR count). The van der Waals surface area contributed by atoms with Gasteiger partial charge < -0.3 is 4.74 Å². The Morgan fingerprint density at radius 2 is 1.86 bits per heavy atom. The summed E-state index contributed by atoms with van der Waals surface area (Å²) in [5, 5.41) is -0.0517. The normalized spacial score (nSPS) is 38.5. The Hall–Kier alpha value is -0.153. The predicted octanol–water partition coefficient (Wildman–Crippen LogP) is 4.59. The highest BCUT2D eigenvalue weighted by atomic mass is 28.3. The molecule has 1 saturated heterocycles. The van der Waals surface area contributed by atoms with E-state index in [9.17, 15) is 4.79 Å². The molecule has 2 saturated carbocycles. The van der Waals surface area contributed by atoms with Gasteiger partial charge in [0.05, 0.1) is 13.3 Å². The average Bonchev–Trinajstić information content (AvgIpc) is 3.10. The molecule has 1 aliphatic heterocycles. The summed E-state index contributed by atoms with van der Waals surface area (Å²) < 4.78 is 6.39. The molecule has 120 valence electrons. The van der Waals surface area contributed by atoms with Crippen LogP contribution in [0.2, 0.25) is 19.6 Å². The first-order chi connectivity index (χ1) is 9.94. The quantitative estimate of drug-likeness (QED) is 0.710. The highest BCUT2D eigenvalue weighted by molar-refractivity contribution is 6.79. The van der Waals surface area contributed by atoms with Gasteiger partial charge >= 0.3 is 0 Å². The molecule has 0 amide bonds. The summed E-state index contributed by atoms with van der Waals surface area (Å²) in [6.45, 7) is 8.12. The Morgan fingerprint density at radius 1 is 1.14 bits per heavy atom. The fraction of sp³-hybridized carbons (Fsp3) is 0.944. The largest absolute Gasteiger partial charge is 0.378 e. The van der Waals surface area contributed by atoms with E-state index in [1.165, 1.54) is 32.1 Å². The first kappa shape index (κ1) is 15.7. The molecule has 0 aromatic carbocycles. The minimum atomic E-state index is -1.52. The second-order valence-corrected chi connectivity index (χ2v) is 14.1. The highest BCUT2D eigenvalue weighted by Gasteiger charge is 2.58. The lowest BCUT2D eigenvalue weighted by atomic mass is 9.81. The van der Waals surface area contributed by atoms with E-state index in [2.05, 4.69) is 19.6 Å². The van der Waals surface area contributed by atoms with Gasteiger partial charge in [-0.15, -0.1) is 0 Å². The van der Waals surface area contributed by atoms with Gasteiger partial charge in [0, 0.05) is 18.9 Å². The van der Waals surface area contributed by atoms with Gasteiger partial charge in [0.25, 0.3) is 0 Å². The zero-order valence-electron chi connectivity index (χ0n) is 14.1. The second-order valence-electron chi connectivity index (χ2n) is 8.72. The molecule has 0 aromatic heterocycles. The van der Waals surface area contributed by atoms with Gasteiger partial charge in [-0.2, -0.15) is 0 Å². The van der Waals surface area contributed by atoms with Crippen LogP contribution in [0.1, 0.15) is 57.8 Å². The van der Waals surface area contributed by atoms with Crippen LogP contribution in [0.4, 0.5) is 0 Å². The van der Waals surface area contributed by atoms with E-state index in [4.69, 9.17) is 4.74 Å². The van der Waals surface area contributed by atoms with E-state index in [0.717, 1.165) is 38.2 Å². The van der Waals surface area contributed by atoms with E-state index in [1.54, 1.807) is 0 Å². The molecular weight excluding hydrogens is 276 g/mol. The van der Waals surface area contributed by atoms with Gasteiger partial charge in [-0.05, 0) is 37.5 Å². The maximum Gasteiger partial charge on any atom is 0.138 e. The van der Waals surface area contributed by atoms with E-state index in [-0.39, 0.29) is 11.1 Å². The molecule has 0 spiro atoms. The van der Waals surface area contributed by atoms with Crippen molar-refractivity contribution >= 4 is 13.9 Å². The molecule has 0 N–H and O–H groups in total. The van der Waals surface area contributed by atoms with Crippen molar-refractivity contribution in [2.45, 2.75) is 82.7 Å². The molecule has 0 radical (unpaired) electrons. The summed E-state index contributed by atoms with van der Waals surface area (Å²) in [7, 11) is -1.52. The minimum Gasteiger partial charge on any atom is -0.378 e. The second kappa shape index (κ2) is 5.81. The molecular formula is C18H32O2Si. The van der Waals surface area contributed by atoms with Crippen LogP contribution in [-0.2, 0) is 9.53 Å². The lowest BCUT2D eigenvalue weighted by molar-refractivity contribution is -0.127. The maximum absolute atomic E-state index is 12.7. The number of Topliss-reactive ketones (excluding diaryl/α,β-unsaturated/α-hetero) is 1. The summed E-state index contributed by atoms with van der Waals surface area (Å²) in [5.74, 6) is 2.27. The highest BCUT2D eigenvalue weighted by Crippen LogP contribution is 2.51. The van der Waals surface area contributed by atoms with Crippen molar-refractivity contribution < 1.29 is 9.53 Å². The van der Waals surface area contributed by atoms with Gasteiger partial charge in [0.1, 0.15) is 5.78 Å². The number of ether oxygens (including phenoxy) is 1. The van der Waals surface area contributed by atoms with Crippen molar-refractivity contribution in [2.75, 3.05) is 6.61 Å². The monoisotopic (exact) mass is 308 g/mol. The molecule has 0 bridgehead atoms. The zero-order valence-corrected chi connectivity index (χ0v) is 15.1. The Kier molecular flexibility index (Phi) is 4.35. The van der Waals surface area contributed by atoms with Crippen LogP contribution in [0.5, 0.6) is 0 Å². The third-order valence-corrected chi connectivity index (χ3v) is 9.76. The van der Waals surface area contributed by atoms with Crippen LogP contribution < -0.4 is 0 Å². The zero-order chi connectivity index (χ0) is 15.1. The number of carbonyl (C=O) groups excluding carboxylic acids is 1. The molecule has 3 heteroatoms. The fourth-order valence-corrected chi connectivity index (χ4v) is 8.24. The molecule has 2 unspecified atom stereocenters. The van der Waals surface area contributed by atoms with Crippen LogP contribution >= 0.6 is 0 Å². The lowest BCUT2D eigenvalue weighted by Gasteiger charge is -2.46. The average molecular weight is 309 g/mol. The van der Waals surface area contributed by atoms with Crippen LogP contribution in [0.15, 0.2) is 0 Å². The van der Waals surface area contributed by atoms with Crippen LogP contribution in [-0.4, -0.2) is 25.7 Å². The molecule has 2 nitrogen and oxygen atoms in total. The summed E-state index contributed by atoms with van der Waals surface area (Å²) in [6, 6.07) is 0. The van der Waals surface area contributed by atoms with Crippen molar-refractivity contribution in [3.8, 4) is 0 Å². The standard InChI is InChI=1S/C18H32O2Si/c1-21(2,3)18(11-6-12-20-18)17-15(9-10-16(17)19)13-14-7-4-5-8-14/h14-15,17H,4-13H2,1-3H3/t15?,17?,18-/m0/s1. The van der Waals surface area contributed by atoms with E-state index in [0.29, 0.717) is 11.7 Å². The van der Waals surface area contributed by atoms with E-state index < -0.39 is 8.07 Å². The SMILES string of the molecule is C[Si](C)(C)[C@]1(C2C(=O)CCC2CC2CCCC2)CCCO1. The summed E-state index contributed by atoms with van der Waals surface area (Å²) in [6.07, 6.45) is 11.2. The smallest absolute Gasteiger partial charge is 0.138 e. The number of carbonyl (C=O) groups is 1. The Bertz CT molecular complexity index is 387. The summed E-state index contributed by atoms with van der Waals surface area (Å²) >= 11 is 0. The van der Waals surface area contributed by atoms with Crippen molar-refractivity contribution in [1.29, 1.82) is 0 Å². The number of hydrogen-bond donors (Lipinski definition) is 0. The van der Waals surface area contributed by atoms with Gasteiger partial charge in [-0.25, -0.2) is 0 Å². The van der Waals surface area contributed by atoms with Gasteiger partial charge in [-0.3, -0.25) is 4.79 Å². The first-order valence-corrected chi connectivity index (χ1v) is 12.6. The Morgan fingerprint density at radius 3 is 2.43 bits per heavy atom. The van der Waals surface area contributed by atoms with Crippen molar-refractivity contribution in [1.82, 2.24) is 0 Å². The Balaban J connectivity index is 1.83. The summed E-state index contributed by atoms with van der Waals surface area (Å²) in [4.78, 5) is 12.7. The van der Waals surface area contributed by atoms with Crippen LogP contribution in [0, 0.1) is 17.8 Å². The minimum absolute atomic E-state index is 0.0517. The van der Waals surface area contributed by atoms with Crippen molar-refractivity contribution in [2.24, 2.45) is 17.8 Å². The van der Waals surface area contributed by atoms with Crippen LogP contribution in [0.25, 0.3) is 0 Å². The molecule has 21 heavy (non-hydrogen) atoms. The van der Waals surface area contributed by atoms with Gasteiger partial charge in [0.2, 0.25) is 0 Å². The topological polar surface area (TPSA) is 26.3 Å². The molecule has 3 aliphatic rings. The number of ketones is 1. The number of rotatable bonds is 4. The van der Waals surface area contributed by atoms with Crippen LogP contribution in [0.3, 0.4) is 0 Å². The third-order valence-electron chi connectivity index (χ3n) is 6.51. The summed E-state index contributed by atoms with van der Waals surface area (Å²) in [5.41, 5.74) is 0. The molecule has 2 aliphatic carbocycles. The first-order valence-electron chi connectivity index (χ1n) is 9.11. The molecule has 3 fully saturated rings. The number of hydrogen-bond acceptors (Lipinski definition) is 2. The fourth-order valence-electron chi connectivity index (χ4n) is 5.45. The predicted molar refractivity (Wildman–Crippen MR) is 89.1 cm³/mol. The third kappa shape index (κ3) is 2.76. The molecule has 3 atom stereocenters. The van der Waals surface area contributed by atoms with Crippen molar-refractivity contribution in [3.05, 3.63) is 0 Å².